The van der Waals surface area contributed by atoms with Gasteiger partial charge in [0.1, 0.15) is 5.69 Å². The fourth-order valence-electron chi connectivity index (χ4n) is 3.30. The van der Waals surface area contributed by atoms with Crippen LogP contribution in [0, 0.1) is 6.92 Å². The van der Waals surface area contributed by atoms with E-state index < -0.39 is 17.8 Å². The number of hydrogen-bond donors (Lipinski definition) is 2. The third-order valence-corrected chi connectivity index (χ3v) is 5.04. The molecule has 3 rings (SSSR count). The van der Waals surface area contributed by atoms with Crippen molar-refractivity contribution in [3.05, 3.63) is 58.9 Å². The number of hydrogen-bond acceptors (Lipinski definition) is 5. The van der Waals surface area contributed by atoms with Gasteiger partial charge in [-0.05, 0) is 36.8 Å². The van der Waals surface area contributed by atoms with Crippen LogP contribution in [0.15, 0.2) is 36.4 Å². The molecule has 1 aliphatic heterocycles. The second-order valence-corrected chi connectivity index (χ2v) is 7.46. The van der Waals surface area contributed by atoms with Crippen molar-refractivity contribution in [1.29, 1.82) is 0 Å². The Balaban J connectivity index is 1.52. The molecule has 10 heteroatoms. The molecule has 0 aliphatic carbocycles. The molecule has 0 unspecified atom stereocenters. The fraction of sp³-hybridized carbons (Fsp3) is 0.409. The minimum absolute atomic E-state index is 0.00129. The number of pyridine rings is 1. The number of benzene rings is 1. The first kappa shape index (κ1) is 23.7. The predicted molar refractivity (Wildman–Crippen MR) is 112 cm³/mol. The summed E-state index contributed by atoms with van der Waals surface area (Å²) in [5.41, 5.74) is 0.380. The Labute approximate surface area is 184 Å². The first-order valence-electron chi connectivity index (χ1n) is 10.2. The molecule has 2 aromatic rings. The largest absolute Gasteiger partial charge is 0.433 e. The van der Waals surface area contributed by atoms with Crippen molar-refractivity contribution in [2.75, 3.05) is 38.2 Å². The Morgan fingerprint density at radius 2 is 1.91 bits per heavy atom. The molecule has 1 fully saturated rings. The van der Waals surface area contributed by atoms with Crippen molar-refractivity contribution in [3.63, 3.8) is 0 Å². The number of ether oxygens (including phenoxy) is 1. The average molecular weight is 450 g/mol. The molecule has 172 valence electrons. The molecule has 0 bridgehead atoms. The van der Waals surface area contributed by atoms with Gasteiger partial charge in [0.15, 0.2) is 0 Å². The predicted octanol–water partition coefficient (Wildman–Crippen LogP) is 3.00. The highest BCUT2D eigenvalue weighted by atomic mass is 19.4. The number of alkyl halides is 3. The summed E-state index contributed by atoms with van der Waals surface area (Å²) < 4.78 is 43.5. The zero-order chi connectivity index (χ0) is 23.1. The number of anilines is 1. The molecular weight excluding hydrogens is 425 g/mol. The molecule has 2 heterocycles. The SMILES string of the molecule is Cc1nc(C(F)(F)F)ccc1C(=O)NCc1cccc(NC(=O)CCN2CCOCC2)c1. The lowest BCUT2D eigenvalue weighted by molar-refractivity contribution is -0.141. The van der Waals surface area contributed by atoms with Crippen LogP contribution in [-0.4, -0.2) is 54.5 Å². The van der Waals surface area contributed by atoms with Gasteiger partial charge in [0.25, 0.3) is 5.91 Å². The molecule has 1 saturated heterocycles. The molecule has 1 aromatic carbocycles. The number of nitrogens with one attached hydrogen (secondary N) is 2. The van der Waals surface area contributed by atoms with E-state index in [4.69, 9.17) is 4.74 Å². The Morgan fingerprint density at radius 1 is 1.16 bits per heavy atom. The lowest BCUT2D eigenvalue weighted by Gasteiger charge is -2.26. The summed E-state index contributed by atoms with van der Waals surface area (Å²) in [6, 6.07) is 8.93. The Kier molecular flexibility index (Phi) is 7.81. The second-order valence-electron chi connectivity index (χ2n) is 7.46. The van der Waals surface area contributed by atoms with Gasteiger partial charge in [0.05, 0.1) is 24.5 Å². The van der Waals surface area contributed by atoms with E-state index in [2.05, 4.69) is 20.5 Å². The maximum Gasteiger partial charge on any atom is 0.433 e. The van der Waals surface area contributed by atoms with E-state index in [1.54, 1.807) is 24.3 Å². The monoisotopic (exact) mass is 450 g/mol. The maximum atomic E-state index is 12.7. The van der Waals surface area contributed by atoms with Crippen LogP contribution >= 0.6 is 0 Å². The van der Waals surface area contributed by atoms with Crippen LogP contribution in [0.5, 0.6) is 0 Å². The number of amides is 2. The van der Waals surface area contributed by atoms with Gasteiger partial charge in [-0.1, -0.05) is 12.1 Å². The average Bonchev–Trinajstić information content (AvgIpc) is 2.76. The molecule has 32 heavy (non-hydrogen) atoms. The van der Waals surface area contributed by atoms with Crippen LogP contribution in [0.4, 0.5) is 18.9 Å². The van der Waals surface area contributed by atoms with Gasteiger partial charge in [0, 0.05) is 38.3 Å². The topological polar surface area (TPSA) is 83.6 Å². The molecule has 1 aromatic heterocycles. The normalized spacial score (nSPS) is 14.8. The number of halogens is 3. The van der Waals surface area contributed by atoms with E-state index in [0.717, 1.165) is 30.8 Å². The van der Waals surface area contributed by atoms with Crippen LogP contribution in [0.2, 0.25) is 0 Å². The van der Waals surface area contributed by atoms with Crippen molar-refractivity contribution in [2.45, 2.75) is 26.1 Å². The summed E-state index contributed by atoms with van der Waals surface area (Å²) >= 11 is 0. The molecule has 2 N–H and O–H groups in total. The highest BCUT2D eigenvalue weighted by Crippen LogP contribution is 2.28. The number of carbonyl (C=O) groups is 2. The first-order valence-corrected chi connectivity index (χ1v) is 10.2. The molecular formula is C22H25F3N4O3. The first-order chi connectivity index (χ1) is 15.2. The summed E-state index contributed by atoms with van der Waals surface area (Å²) in [4.78, 5) is 30.3. The minimum Gasteiger partial charge on any atom is -0.379 e. The lowest BCUT2D eigenvalue weighted by atomic mass is 10.1. The Hall–Kier alpha value is -2.98. The highest BCUT2D eigenvalue weighted by molar-refractivity contribution is 5.95. The Morgan fingerprint density at radius 3 is 2.59 bits per heavy atom. The smallest absolute Gasteiger partial charge is 0.379 e. The number of rotatable bonds is 7. The zero-order valence-corrected chi connectivity index (χ0v) is 17.7. The molecule has 0 saturated carbocycles. The molecule has 2 amide bonds. The summed E-state index contributed by atoms with van der Waals surface area (Å²) in [6.07, 6.45) is -4.20. The molecule has 0 spiro atoms. The van der Waals surface area contributed by atoms with Crippen LogP contribution in [-0.2, 0) is 22.3 Å². The Bertz CT molecular complexity index is 960. The zero-order valence-electron chi connectivity index (χ0n) is 17.7. The fourth-order valence-corrected chi connectivity index (χ4v) is 3.30. The number of aromatic nitrogens is 1. The standard InChI is InChI=1S/C22H25F3N4O3/c1-15-18(5-6-19(27-15)22(23,24)25)21(31)26-14-16-3-2-4-17(13-16)28-20(30)7-8-29-9-11-32-12-10-29/h2-6,13H,7-12,14H2,1H3,(H,26,31)(H,28,30). The van der Waals surface area contributed by atoms with Crippen molar-refractivity contribution in [1.82, 2.24) is 15.2 Å². The van der Waals surface area contributed by atoms with Gasteiger partial charge in [-0.15, -0.1) is 0 Å². The van der Waals surface area contributed by atoms with Gasteiger partial charge in [0.2, 0.25) is 5.91 Å². The summed E-state index contributed by atoms with van der Waals surface area (Å²) in [7, 11) is 0. The van der Waals surface area contributed by atoms with Crippen LogP contribution < -0.4 is 10.6 Å². The minimum atomic E-state index is -4.56. The van der Waals surface area contributed by atoms with Gasteiger partial charge in [-0.3, -0.25) is 14.5 Å². The van der Waals surface area contributed by atoms with Crippen molar-refractivity contribution in [3.8, 4) is 0 Å². The van der Waals surface area contributed by atoms with Gasteiger partial charge >= 0.3 is 6.18 Å². The molecule has 0 radical (unpaired) electrons. The van der Waals surface area contributed by atoms with Crippen LogP contribution in [0.1, 0.15) is 33.7 Å². The summed E-state index contributed by atoms with van der Waals surface area (Å²) in [5, 5.41) is 5.52. The number of morpholine rings is 1. The van der Waals surface area contributed by atoms with E-state index in [9.17, 15) is 22.8 Å². The third-order valence-electron chi connectivity index (χ3n) is 5.04. The van der Waals surface area contributed by atoms with E-state index >= 15 is 0 Å². The number of aryl methyl sites for hydroxylation is 1. The van der Waals surface area contributed by atoms with Crippen molar-refractivity contribution < 1.29 is 27.5 Å². The lowest BCUT2D eigenvalue weighted by Crippen LogP contribution is -2.38. The van der Waals surface area contributed by atoms with E-state index in [-0.39, 0.29) is 23.7 Å². The molecule has 0 atom stereocenters. The van der Waals surface area contributed by atoms with Gasteiger partial charge in [-0.2, -0.15) is 13.2 Å². The van der Waals surface area contributed by atoms with Crippen LogP contribution in [0.3, 0.4) is 0 Å². The summed E-state index contributed by atoms with van der Waals surface area (Å²) in [5.74, 6) is -0.632. The summed E-state index contributed by atoms with van der Waals surface area (Å²) in [6.45, 7) is 5.15. The number of nitrogens with zero attached hydrogens (tertiary/aromatic N) is 2. The van der Waals surface area contributed by atoms with Crippen LogP contribution in [0.25, 0.3) is 0 Å². The van der Waals surface area contributed by atoms with E-state index in [0.29, 0.717) is 31.9 Å². The van der Waals surface area contributed by atoms with Gasteiger partial charge < -0.3 is 15.4 Å². The second kappa shape index (κ2) is 10.6. The third kappa shape index (κ3) is 6.76. The van der Waals surface area contributed by atoms with E-state index in [1.165, 1.54) is 6.92 Å². The quantitative estimate of drug-likeness (QED) is 0.678. The number of carbonyl (C=O) groups excluding carboxylic acids is 2. The van der Waals surface area contributed by atoms with Crippen molar-refractivity contribution in [2.24, 2.45) is 0 Å². The van der Waals surface area contributed by atoms with Gasteiger partial charge in [-0.25, -0.2) is 4.98 Å². The van der Waals surface area contributed by atoms with E-state index in [1.807, 2.05) is 0 Å². The maximum absolute atomic E-state index is 12.7. The molecule has 7 nitrogen and oxygen atoms in total. The van der Waals surface area contributed by atoms with Crippen molar-refractivity contribution >= 4 is 17.5 Å². The highest BCUT2D eigenvalue weighted by Gasteiger charge is 2.33. The molecule has 1 aliphatic rings.